The third-order valence-electron chi connectivity index (χ3n) is 7.88. The molecule has 0 radical (unpaired) electrons. The molecule has 1 aromatic rings. The summed E-state index contributed by atoms with van der Waals surface area (Å²) in [4.78, 5) is 37.5. The summed E-state index contributed by atoms with van der Waals surface area (Å²) in [6.45, 7) is 1.45. The summed E-state index contributed by atoms with van der Waals surface area (Å²) in [6.07, 6.45) is -0.619. The lowest BCUT2D eigenvalue weighted by Crippen LogP contribution is -2.51. The van der Waals surface area contributed by atoms with Gasteiger partial charge in [0.15, 0.2) is 0 Å². The van der Waals surface area contributed by atoms with E-state index >= 15 is 0 Å². The van der Waals surface area contributed by atoms with E-state index in [1.54, 1.807) is 0 Å². The van der Waals surface area contributed by atoms with E-state index < -0.39 is 53.8 Å². The molecular formula is C28H36F3N3O6. The van der Waals surface area contributed by atoms with Gasteiger partial charge in [-0.1, -0.05) is 12.8 Å². The first kappa shape index (κ1) is 31.0. The van der Waals surface area contributed by atoms with Crippen molar-refractivity contribution in [2.24, 2.45) is 17.3 Å². The lowest BCUT2D eigenvalue weighted by molar-refractivity contribution is -0.209. The van der Waals surface area contributed by atoms with Crippen molar-refractivity contribution in [2.75, 3.05) is 13.7 Å². The normalized spacial score (nSPS) is 23.4. The average Bonchev–Trinajstić information content (AvgIpc) is 2.91. The first-order chi connectivity index (χ1) is 18.8. The summed E-state index contributed by atoms with van der Waals surface area (Å²) >= 11 is 0. The van der Waals surface area contributed by atoms with Gasteiger partial charge in [-0.3, -0.25) is 14.4 Å². The fourth-order valence-electron chi connectivity index (χ4n) is 5.10. The number of ether oxygens (including phenoxy) is 2. The lowest BCUT2D eigenvalue weighted by atomic mass is 9.83. The molecule has 0 aliphatic heterocycles. The number of nitrogens with one attached hydrogen (secondary N) is 2. The Kier molecular flexibility index (Phi) is 9.92. The number of carbonyl (C=O) groups is 3. The van der Waals surface area contributed by atoms with E-state index in [0.29, 0.717) is 44.9 Å². The molecule has 0 spiro atoms. The Morgan fingerprint density at radius 2 is 1.70 bits per heavy atom. The zero-order chi connectivity index (χ0) is 29.7. The van der Waals surface area contributed by atoms with Crippen LogP contribution in [0, 0.1) is 28.6 Å². The number of nitrogens with zero attached hydrogens (tertiary/aromatic N) is 1. The predicted octanol–water partition coefficient (Wildman–Crippen LogP) is 4.58. The van der Waals surface area contributed by atoms with Gasteiger partial charge in [0.2, 0.25) is 5.91 Å². The molecule has 1 aromatic carbocycles. The minimum Gasteiger partial charge on any atom is -0.496 e. The number of rotatable bonds is 9. The number of methoxy groups -OCH3 is 1. The van der Waals surface area contributed by atoms with Crippen molar-refractivity contribution in [3.05, 3.63) is 23.3 Å². The summed E-state index contributed by atoms with van der Waals surface area (Å²) in [5.74, 6) is -2.81. The van der Waals surface area contributed by atoms with Crippen LogP contribution in [0.3, 0.4) is 0 Å². The van der Waals surface area contributed by atoms with Crippen LogP contribution in [0.1, 0.15) is 81.1 Å². The number of alkyl halides is 3. The highest BCUT2D eigenvalue weighted by Crippen LogP contribution is 2.37. The van der Waals surface area contributed by atoms with Crippen LogP contribution in [-0.4, -0.2) is 54.9 Å². The van der Waals surface area contributed by atoms with Gasteiger partial charge in [-0.2, -0.15) is 18.4 Å². The zero-order valence-electron chi connectivity index (χ0n) is 22.9. The third kappa shape index (κ3) is 7.37. The second-order valence-electron chi connectivity index (χ2n) is 11.2. The number of benzene rings is 1. The predicted molar refractivity (Wildman–Crippen MR) is 138 cm³/mol. The van der Waals surface area contributed by atoms with Crippen molar-refractivity contribution in [2.45, 2.75) is 83.5 Å². The molecule has 40 heavy (non-hydrogen) atoms. The molecule has 9 nitrogen and oxygen atoms in total. The van der Waals surface area contributed by atoms with Gasteiger partial charge in [-0.25, -0.2) is 0 Å². The Hall–Kier alpha value is -3.49. The van der Waals surface area contributed by atoms with Crippen molar-refractivity contribution in [3.63, 3.8) is 0 Å². The topological polar surface area (TPSA) is 138 Å². The van der Waals surface area contributed by atoms with E-state index in [1.165, 1.54) is 19.2 Å². The number of carbonyl (C=O) groups excluding carboxylic acids is 2. The van der Waals surface area contributed by atoms with Gasteiger partial charge in [0.05, 0.1) is 41.6 Å². The Balaban J connectivity index is 1.75. The number of amides is 2. The number of carboxylic acid groups (broad SMARTS) is 1. The number of hydrogen-bond acceptors (Lipinski definition) is 6. The Morgan fingerprint density at radius 3 is 2.27 bits per heavy atom. The average molecular weight is 568 g/mol. The maximum absolute atomic E-state index is 13.4. The smallest absolute Gasteiger partial charge is 0.395 e. The van der Waals surface area contributed by atoms with Crippen LogP contribution >= 0.6 is 0 Å². The largest absolute Gasteiger partial charge is 0.496 e. The second-order valence-corrected chi connectivity index (χ2v) is 11.2. The van der Waals surface area contributed by atoms with Crippen molar-refractivity contribution in [1.82, 2.24) is 10.6 Å². The molecule has 3 rings (SSSR count). The van der Waals surface area contributed by atoms with Crippen LogP contribution in [-0.2, 0) is 9.59 Å². The van der Waals surface area contributed by atoms with Crippen LogP contribution in [0.25, 0.3) is 0 Å². The molecule has 2 fully saturated rings. The Bertz CT molecular complexity index is 1140. The van der Waals surface area contributed by atoms with E-state index in [1.807, 2.05) is 6.07 Å². The molecule has 3 N–H and O–H groups in total. The molecule has 12 heteroatoms. The van der Waals surface area contributed by atoms with Gasteiger partial charge in [-0.15, -0.1) is 0 Å². The molecule has 2 aliphatic carbocycles. The molecule has 2 saturated carbocycles. The maximum atomic E-state index is 13.4. The number of aliphatic carboxylic acids is 1. The number of halogens is 3. The summed E-state index contributed by atoms with van der Waals surface area (Å²) in [7, 11) is 1.35. The minimum atomic E-state index is -4.48. The maximum Gasteiger partial charge on any atom is 0.395 e. The van der Waals surface area contributed by atoms with Crippen molar-refractivity contribution < 1.29 is 42.1 Å². The van der Waals surface area contributed by atoms with Gasteiger partial charge >= 0.3 is 12.1 Å². The SMILES string of the molecule is COc1cc(C#N)c(OC2CCC(C(=O)O)CC2)cc1C(=O)NC1CCCCC1C(=O)NCC(C)(C)C(F)(F)F. The van der Waals surface area contributed by atoms with Crippen molar-refractivity contribution in [3.8, 4) is 17.6 Å². The molecule has 0 aromatic heterocycles. The molecule has 0 bridgehead atoms. The molecule has 2 amide bonds. The summed E-state index contributed by atoms with van der Waals surface area (Å²) < 4.78 is 51.1. The molecule has 2 atom stereocenters. The van der Waals surface area contributed by atoms with Crippen LogP contribution in [0.5, 0.6) is 11.5 Å². The third-order valence-corrected chi connectivity index (χ3v) is 7.88. The molecule has 2 unspecified atom stereocenters. The Morgan fingerprint density at radius 1 is 1.05 bits per heavy atom. The molecule has 220 valence electrons. The summed E-state index contributed by atoms with van der Waals surface area (Å²) in [6, 6.07) is 4.21. The monoisotopic (exact) mass is 567 g/mol. The molecular weight excluding hydrogens is 531 g/mol. The first-order valence-electron chi connectivity index (χ1n) is 13.4. The molecule has 0 saturated heterocycles. The quantitative estimate of drug-likeness (QED) is 0.397. The van der Waals surface area contributed by atoms with Crippen molar-refractivity contribution in [1.29, 1.82) is 5.26 Å². The highest BCUT2D eigenvalue weighted by atomic mass is 19.4. The van der Waals surface area contributed by atoms with Crippen LogP contribution in [0.4, 0.5) is 13.2 Å². The standard InChI is InChI=1S/C28H36F3N3O6/c1-27(2,28(29,30)31)15-33-24(35)19-6-4-5-7-21(19)34-25(36)20-13-22(17(14-32)12-23(20)39-3)40-18-10-8-16(9-11-18)26(37)38/h12-13,16,18-19,21H,4-11,15H2,1-3H3,(H,33,35)(H,34,36)(H,37,38). The summed E-state index contributed by atoms with van der Waals surface area (Å²) in [5, 5.41) is 24.1. The highest BCUT2D eigenvalue weighted by Gasteiger charge is 2.47. The fourth-order valence-corrected chi connectivity index (χ4v) is 5.10. The highest BCUT2D eigenvalue weighted by molar-refractivity contribution is 5.98. The van der Waals surface area contributed by atoms with Crippen LogP contribution in [0.15, 0.2) is 12.1 Å². The van der Waals surface area contributed by atoms with Gasteiger partial charge in [0.25, 0.3) is 5.91 Å². The number of hydrogen-bond donors (Lipinski definition) is 3. The Labute approximate surface area is 231 Å². The lowest BCUT2D eigenvalue weighted by Gasteiger charge is -2.33. The van der Waals surface area contributed by atoms with Crippen LogP contribution in [0.2, 0.25) is 0 Å². The molecule has 2 aliphatic rings. The fraction of sp³-hybridized carbons (Fsp3) is 0.643. The second kappa shape index (κ2) is 12.8. The van der Waals surface area contributed by atoms with E-state index in [9.17, 15) is 37.9 Å². The van der Waals surface area contributed by atoms with Gasteiger partial charge < -0.3 is 25.2 Å². The molecule has 0 heterocycles. The van der Waals surface area contributed by atoms with Gasteiger partial charge in [0.1, 0.15) is 17.6 Å². The zero-order valence-corrected chi connectivity index (χ0v) is 22.9. The van der Waals surface area contributed by atoms with Gasteiger partial charge in [-0.05, 0) is 58.4 Å². The number of nitriles is 1. The van der Waals surface area contributed by atoms with E-state index in [2.05, 4.69) is 10.6 Å². The van der Waals surface area contributed by atoms with E-state index in [-0.39, 0.29) is 28.7 Å². The first-order valence-corrected chi connectivity index (χ1v) is 13.4. The van der Waals surface area contributed by atoms with E-state index in [4.69, 9.17) is 9.47 Å². The minimum absolute atomic E-state index is 0.0821. The number of carboxylic acids is 1. The summed E-state index contributed by atoms with van der Waals surface area (Å²) in [5.41, 5.74) is -1.87. The van der Waals surface area contributed by atoms with E-state index in [0.717, 1.165) is 20.3 Å². The van der Waals surface area contributed by atoms with Crippen LogP contribution < -0.4 is 20.1 Å². The van der Waals surface area contributed by atoms with Gasteiger partial charge in [0, 0.05) is 18.7 Å². The van der Waals surface area contributed by atoms with Crippen molar-refractivity contribution >= 4 is 17.8 Å².